The normalized spacial score (nSPS) is 12.0. The number of benzene rings is 7. The molecule has 54 heavy (non-hydrogen) atoms. The standard InChI is InChI=1S/C49H35N3O2/c1-49(2,34-15-5-3-6-16-34)35-29-32(28-33(30-35)44-47-40(26-27-50-44)39-25-24-31-14-9-10-19-38(31)46(39)54-47)37-21-13-22-42-45(37)51-48(41-20-11-12-23-43(41)53)52(42)36-17-7-4-8-18-36/h3-30,53H,1-2H3. The Morgan fingerprint density at radius 3 is 2.11 bits per heavy atom. The fourth-order valence-corrected chi connectivity index (χ4v) is 7.95. The molecule has 10 aromatic rings. The van der Waals surface area contributed by atoms with Crippen molar-refractivity contribution >= 4 is 43.7 Å². The van der Waals surface area contributed by atoms with Crippen LogP contribution >= 0.6 is 0 Å². The van der Waals surface area contributed by atoms with Crippen LogP contribution in [0.25, 0.3) is 83.2 Å². The molecule has 0 aliphatic heterocycles. The number of phenolic OH excluding ortho intramolecular Hbond substituents is 1. The van der Waals surface area contributed by atoms with Crippen molar-refractivity contribution in [3.05, 3.63) is 181 Å². The number of nitrogens with zero attached hydrogens (tertiary/aromatic N) is 3. The van der Waals surface area contributed by atoms with Crippen LogP contribution in [-0.4, -0.2) is 19.6 Å². The molecule has 1 N–H and O–H groups in total. The van der Waals surface area contributed by atoms with E-state index in [1.54, 1.807) is 6.07 Å². The van der Waals surface area contributed by atoms with Gasteiger partial charge in [0, 0.05) is 44.6 Å². The first-order chi connectivity index (χ1) is 26.5. The number of hydrogen-bond donors (Lipinski definition) is 1. The third-order valence-corrected chi connectivity index (χ3v) is 10.9. The molecule has 7 aromatic carbocycles. The van der Waals surface area contributed by atoms with E-state index in [0.29, 0.717) is 11.4 Å². The van der Waals surface area contributed by atoms with Crippen molar-refractivity contribution in [1.29, 1.82) is 0 Å². The number of fused-ring (bicyclic) bond motifs is 6. The summed E-state index contributed by atoms with van der Waals surface area (Å²) in [5.74, 6) is 0.849. The molecule has 3 heterocycles. The van der Waals surface area contributed by atoms with Gasteiger partial charge in [-0.1, -0.05) is 123 Å². The minimum absolute atomic E-state index is 0.179. The summed E-state index contributed by atoms with van der Waals surface area (Å²) in [6.45, 7) is 4.54. The van der Waals surface area contributed by atoms with Crippen molar-refractivity contribution in [1.82, 2.24) is 14.5 Å². The number of rotatable bonds is 6. The van der Waals surface area contributed by atoms with Crippen LogP contribution in [0.15, 0.2) is 174 Å². The number of aromatic hydroxyl groups is 1. The van der Waals surface area contributed by atoms with Gasteiger partial charge in [0.15, 0.2) is 5.58 Å². The van der Waals surface area contributed by atoms with Crippen molar-refractivity contribution in [2.45, 2.75) is 19.3 Å². The van der Waals surface area contributed by atoms with Crippen LogP contribution in [0.4, 0.5) is 0 Å². The summed E-state index contributed by atoms with van der Waals surface area (Å²) in [5, 5.41) is 15.4. The fourth-order valence-electron chi connectivity index (χ4n) is 7.95. The predicted molar refractivity (Wildman–Crippen MR) is 220 cm³/mol. The molecule has 0 aliphatic rings. The Kier molecular flexibility index (Phi) is 7.24. The summed E-state index contributed by atoms with van der Waals surface area (Å²) in [6.07, 6.45) is 1.89. The van der Waals surface area contributed by atoms with Crippen LogP contribution in [0.5, 0.6) is 5.75 Å². The summed E-state index contributed by atoms with van der Waals surface area (Å²) < 4.78 is 8.94. The highest BCUT2D eigenvalue weighted by molar-refractivity contribution is 6.16. The van der Waals surface area contributed by atoms with Gasteiger partial charge in [0.25, 0.3) is 0 Å². The molecule has 0 unspecified atom stereocenters. The van der Waals surface area contributed by atoms with E-state index in [1.165, 1.54) is 5.56 Å². The number of phenols is 1. The first-order valence-corrected chi connectivity index (χ1v) is 18.2. The maximum atomic E-state index is 11.1. The lowest BCUT2D eigenvalue weighted by atomic mass is 9.76. The third kappa shape index (κ3) is 5.01. The smallest absolute Gasteiger partial charge is 0.161 e. The summed E-state index contributed by atoms with van der Waals surface area (Å²) in [4.78, 5) is 10.3. The minimum atomic E-state index is -0.345. The van der Waals surface area contributed by atoms with Gasteiger partial charge < -0.3 is 9.52 Å². The second kappa shape index (κ2) is 12.3. The molecule has 5 nitrogen and oxygen atoms in total. The Labute approximate surface area is 312 Å². The number of imidazole rings is 1. The minimum Gasteiger partial charge on any atom is -0.507 e. The lowest BCUT2D eigenvalue weighted by molar-refractivity contribution is 0.477. The number of pyridine rings is 1. The Morgan fingerprint density at radius 2 is 1.28 bits per heavy atom. The topological polar surface area (TPSA) is 64.1 Å². The van der Waals surface area contributed by atoms with Gasteiger partial charge in [-0.25, -0.2) is 4.98 Å². The molecule has 0 spiro atoms. The Hall–Kier alpha value is -6.98. The Morgan fingerprint density at radius 1 is 0.574 bits per heavy atom. The molecule has 5 heteroatoms. The van der Waals surface area contributed by atoms with Crippen LogP contribution in [0.3, 0.4) is 0 Å². The molecule has 0 bridgehead atoms. The van der Waals surface area contributed by atoms with Crippen molar-refractivity contribution in [3.63, 3.8) is 0 Å². The molecule has 0 saturated carbocycles. The predicted octanol–water partition coefficient (Wildman–Crippen LogP) is 12.5. The molecular weight excluding hydrogens is 663 g/mol. The van der Waals surface area contributed by atoms with Crippen LogP contribution in [0.2, 0.25) is 0 Å². The summed E-state index contributed by atoms with van der Waals surface area (Å²) in [7, 11) is 0. The van der Waals surface area contributed by atoms with E-state index in [2.05, 4.69) is 140 Å². The molecule has 3 aromatic heterocycles. The Balaban J connectivity index is 1.26. The van der Waals surface area contributed by atoms with Crippen molar-refractivity contribution < 1.29 is 9.52 Å². The average molecular weight is 698 g/mol. The van der Waals surface area contributed by atoms with E-state index in [-0.39, 0.29) is 11.2 Å². The molecular formula is C49H35N3O2. The highest BCUT2D eigenvalue weighted by Gasteiger charge is 2.27. The second-order valence-electron chi connectivity index (χ2n) is 14.4. The second-order valence-corrected chi connectivity index (χ2v) is 14.4. The molecule has 258 valence electrons. The van der Waals surface area contributed by atoms with E-state index in [9.17, 15) is 5.11 Å². The van der Waals surface area contributed by atoms with E-state index in [4.69, 9.17) is 14.4 Å². The SMILES string of the molecule is CC(C)(c1ccccc1)c1cc(-c2cccc3c2nc(-c2ccccc2O)n3-c2ccccc2)cc(-c2nccc3c2oc2c4ccccc4ccc32)c1. The van der Waals surface area contributed by atoms with Crippen LogP contribution in [-0.2, 0) is 5.41 Å². The third-order valence-electron chi connectivity index (χ3n) is 10.9. The van der Waals surface area contributed by atoms with Gasteiger partial charge in [0.1, 0.15) is 22.9 Å². The molecule has 0 aliphatic carbocycles. The molecule has 0 atom stereocenters. The van der Waals surface area contributed by atoms with E-state index in [0.717, 1.165) is 77.4 Å². The molecule has 0 radical (unpaired) electrons. The summed E-state index contributed by atoms with van der Waals surface area (Å²) >= 11 is 0. The molecule has 0 fully saturated rings. The largest absolute Gasteiger partial charge is 0.507 e. The van der Waals surface area contributed by atoms with E-state index in [1.807, 2.05) is 42.6 Å². The van der Waals surface area contributed by atoms with Crippen LogP contribution < -0.4 is 0 Å². The maximum Gasteiger partial charge on any atom is 0.161 e. The monoisotopic (exact) mass is 697 g/mol. The zero-order chi connectivity index (χ0) is 36.4. The molecule has 0 amide bonds. The highest BCUT2D eigenvalue weighted by Crippen LogP contribution is 2.43. The Bertz CT molecular complexity index is 3030. The summed E-state index contributed by atoms with van der Waals surface area (Å²) in [6, 6.07) is 56.0. The van der Waals surface area contributed by atoms with E-state index < -0.39 is 0 Å². The van der Waals surface area contributed by atoms with Gasteiger partial charge in [0.05, 0.1) is 16.6 Å². The van der Waals surface area contributed by atoms with Crippen LogP contribution in [0, 0.1) is 0 Å². The first-order valence-electron chi connectivity index (χ1n) is 18.2. The number of para-hydroxylation sites is 3. The van der Waals surface area contributed by atoms with Gasteiger partial charge in [-0.3, -0.25) is 9.55 Å². The summed E-state index contributed by atoms with van der Waals surface area (Å²) in [5.41, 5.74) is 10.8. The van der Waals surface area contributed by atoms with Crippen molar-refractivity contribution in [2.24, 2.45) is 0 Å². The quantitative estimate of drug-likeness (QED) is 0.188. The zero-order valence-corrected chi connectivity index (χ0v) is 29.9. The molecule has 10 rings (SSSR count). The van der Waals surface area contributed by atoms with Gasteiger partial charge >= 0.3 is 0 Å². The average Bonchev–Trinajstić information content (AvgIpc) is 3.81. The van der Waals surface area contributed by atoms with Gasteiger partial charge in [-0.15, -0.1) is 0 Å². The highest BCUT2D eigenvalue weighted by atomic mass is 16.3. The van der Waals surface area contributed by atoms with E-state index >= 15 is 0 Å². The zero-order valence-electron chi connectivity index (χ0n) is 29.9. The van der Waals surface area contributed by atoms with Gasteiger partial charge in [-0.05, 0) is 76.7 Å². The van der Waals surface area contributed by atoms with Gasteiger partial charge in [0.2, 0.25) is 0 Å². The molecule has 0 saturated heterocycles. The lowest BCUT2D eigenvalue weighted by Gasteiger charge is -2.27. The number of hydrogen-bond acceptors (Lipinski definition) is 4. The van der Waals surface area contributed by atoms with Crippen molar-refractivity contribution in [3.8, 4) is 45.2 Å². The van der Waals surface area contributed by atoms with Gasteiger partial charge in [-0.2, -0.15) is 0 Å². The lowest BCUT2D eigenvalue weighted by Crippen LogP contribution is -2.19. The number of aromatic nitrogens is 3. The van der Waals surface area contributed by atoms with Crippen molar-refractivity contribution in [2.75, 3.05) is 0 Å². The maximum absolute atomic E-state index is 11.1. The number of furan rings is 1. The fraction of sp³-hybridized carbons (Fsp3) is 0.0612. The van der Waals surface area contributed by atoms with Crippen LogP contribution in [0.1, 0.15) is 25.0 Å². The first kappa shape index (κ1) is 31.7.